The van der Waals surface area contributed by atoms with Gasteiger partial charge in [0.15, 0.2) is 6.61 Å². The Labute approximate surface area is 162 Å². The van der Waals surface area contributed by atoms with Gasteiger partial charge in [0.2, 0.25) is 11.8 Å². The minimum absolute atomic E-state index is 0.0785. The molecule has 4 amide bonds. The average Bonchev–Trinajstić information content (AvgIpc) is 2.99. The summed E-state index contributed by atoms with van der Waals surface area (Å²) in [6.07, 6.45) is 0.157. The Kier molecular flexibility index (Phi) is 7.25. The van der Waals surface area contributed by atoms with Crippen LogP contribution in [-0.4, -0.2) is 65.6 Å². The first-order valence-electron chi connectivity index (χ1n) is 9.03. The smallest absolute Gasteiger partial charge is 0.326 e. The third kappa shape index (κ3) is 5.38. The molecule has 0 atom stereocenters. The van der Waals surface area contributed by atoms with E-state index in [4.69, 9.17) is 4.74 Å². The molecule has 1 aromatic carbocycles. The molecule has 0 aliphatic carbocycles. The molecule has 0 bridgehead atoms. The average molecular weight is 389 g/mol. The number of esters is 1. The standard InChI is InChI=1S/C19H23N3O6/c1-3-21(4-2)19(27)13-6-5-7-14(10-13)20-15(23)12-28-18(26)11-22-16(24)8-9-17(22)25/h5-7,10H,3-4,8-9,11-12H2,1-2H3,(H,20,23). The third-order valence-electron chi connectivity index (χ3n) is 4.25. The summed E-state index contributed by atoms with van der Waals surface area (Å²) in [7, 11) is 0. The highest BCUT2D eigenvalue weighted by atomic mass is 16.5. The summed E-state index contributed by atoms with van der Waals surface area (Å²) >= 11 is 0. The van der Waals surface area contributed by atoms with Crippen molar-refractivity contribution in [2.24, 2.45) is 0 Å². The van der Waals surface area contributed by atoms with Gasteiger partial charge in [-0.25, -0.2) is 0 Å². The first-order chi connectivity index (χ1) is 13.3. The number of amides is 4. The number of ether oxygens (including phenoxy) is 1. The fraction of sp³-hybridized carbons (Fsp3) is 0.421. The highest BCUT2D eigenvalue weighted by Gasteiger charge is 2.31. The van der Waals surface area contributed by atoms with Crippen LogP contribution >= 0.6 is 0 Å². The van der Waals surface area contributed by atoms with Crippen molar-refractivity contribution < 1.29 is 28.7 Å². The van der Waals surface area contributed by atoms with Gasteiger partial charge < -0.3 is 15.0 Å². The zero-order chi connectivity index (χ0) is 20.7. The van der Waals surface area contributed by atoms with Crippen LogP contribution in [0.5, 0.6) is 0 Å². The maximum atomic E-state index is 12.4. The Balaban J connectivity index is 1.87. The van der Waals surface area contributed by atoms with Crippen LogP contribution in [-0.2, 0) is 23.9 Å². The zero-order valence-corrected chi connectivity index (χ0v) is 15.9. The highest BCUT2D eigenvalue weighted by molar-refractivity contribution is 6.04. The quantitative estimate of drug-likeness (QED) is 0.520. The minimum atomic E-state index is -0.843. The Morgan fingerprint density at radius 1 is 1.11 bits per heavy atom. The number of hydrogen-bond acceptors (Lipinski definition) is 6. The predicted octanol–water partition coefficient (Wildman–Crippen LogP) is 0.799. The number of likely N-dealkylation sites (tertiary alicyclic amines) is 1. The Hall–Kier alpha value is -3.23. The molecule has 1 aromatic rings. The molecule has 0 spiro atoms. The molecule has 0 radical (unpaired) electrons. The van der Waals surface area contributed by atoms with E-state index in [-0.39, 0.29) is 18.7 Å². The lowest BCUT2D eigenvalue weighted by molar-refractivity contribution is -0.153. The van der Waals surface area contributed by atoms with Gasteiger partial charge in [0, 0.05) is 37.2 Å². The van der Waals surface area contributed by atoms with Gasteiger partial charge in [0.1, 0.15) is 6.54 Å². The molecule has 9 heteroatoms. The van der Waals surface area contributed by atoms with Gasteiger partial charge in [-0.05, 0) is 32.0 Å². The number of imide groups is 1. The lowest BCUT2D eigenvalue weighted by Crippen LogP contribution is -2.36. The van der Waals surface area contributed by atoms with Crippen LogP contribution in [0.15, 0.2) is 24.3 Å². The van der Waals surface area contributed by atoms with E-state index in [1.54, 1.807) is 29.2 Å². The number of rotatable bonds is 8. The lowest BCUT2D eigenvalue weighted by atomic mass is 10.1. The number of anilines is 1. The van der Waals surface area contributed by atoms with Crippen molar-refractivity contribution in [3.8, 4) is 0 Å². The van der Waals surface area contributed by atoms with Gasteiger partial charge in [-0.1, -0.05) is 6.07 Å². The normalized spacial score (nSPS) is 13.4. The van der Waals surface area contributed by atoms with Crippen LogP contribution < -0.4 is 5.32 Å². The molecule has 1 aliphatic heterocycles. The Bertz CT molecular complexity index is 772. The number of nitrogens with one attached hydrogen (secondary N) is 1. The van der Waals surface area contributed by atoms with Crippen molar-refractivity contribution in [1.82, 2.24) is 9.80 Å². The first-order valence-corrected chi connectivity index (χ1v) is 9.03. The van der Waals surface area contributed by atoms with Crippen molar-refractivity contribution in [3.63, 3.8) is 0 Å². The SMILES string of the molecule is CCN(CC)C(=O)c1cccc(NC(=O)COC(=O)CN2C(=O)CCC2=O)c1. The van der Waals surface area contributed by atoms with Gasteiger partial charge in [0.05, 0.1) is 0 Å². The predicted molar refractivity (Wildman–Crippen MR) is 99.2 cm³/mol. The van der Waals surface area contributed by atoms with Crippen molar-refractivity contribution in [2.75, 3.05) is 31.6 Å². The topological polar surface area (TPSA) is 113 Å². The fourth-order valence-corrected chi connectivity index (χ4v) is 2.74. The van der Waals surface area contributed by atoms with Gasteiger partial charge in [-0.15, -0.1) is 0 Å². The summed E-state index contributed by atoms with van der Waals surface area (Å²) in [6.45, 7) is 3.84. The molecule has 0 saturated carbocycles. The molecular formula is C19H23N3O6. The van der Waals surface area contributed by atoms with Crippen LogP contribution in [0, 0.1) is 0 Å². The maximum Gasteiger partial charge on any atom is 0.326 e. The molecule has 150 valence electrons. The largest absolute Gasteiger partial charge is 0.454 e. The molecule has 1 fully saturated rings. The Morgan fingerprint density at radius 2 is 1.75 bits per heavy atom. The number of carbonyl (C=O) groups is 5. The van der Waals surface area contributed by atoms with E-state index in [1.807, 2.05) is 13.8 Å². The van der Waals surface area contributed by atoms with E-state index < -0.39 is 36.8 Å². The molecule has 9 nitrogen and oxygen atoms in total. The van der Waals surface area contributed by atoms with Crippen molar-refractivity contribution in [3.05, 3.63) is 29.8 Å². The van der Waals surface area contributed by atoms with Crippen molar-refractivity contribution in [1.29, 1.82) is 0 Å². The third-order valence-corrected chi connectivity index (χ3v) is 4.25. The molecular weight excluding hydrogens is 366 g/mol. The van der Waals surface area contributed by atoms with Gasteiger partial charge in [-0.2, -0.15) is 0 Å². The summed E-state index contributed by atoms with van der Waals surface area (Å²) < 4.78 is 4.81. The molecule has 1 aliphatic rings. The van der Waals surface area contributed by atoms with Crippen molar-refractivity contribution in [2.45, 2.75) is 26.7 Å². The van der Waals surface area contributed by atoms with E-state index >= 15 is 0 Å². The van der Waals surface area contributed by atoms with Crippen LogP contribution in [0.4, 0.5) is 5.69 Å². The van der Waals surface area contributed by atoms with Gasteiger partial charge in [-0.3, -0.25) is 28.9 Å². The van der Waals surface area contributed by atoms with E-state index in [9.17, 15) is 24.0 Å². The summed E-state index contributed by atoms with van der Waals surface area (Å²) in [6, 6.07) is 6.45. The van der Waals surface area contributed by atoms with Crippen LogP contribution in [0.1, 0.15) is 37.0 Å². The number of carbonyl (C=O) groups excluding carboxylic acids is 5. The van der Waals surface area contributed by atoms with E-state index in [2.05, 4.69) is 5.32 Å². The summed E-state index contributed by atoms with van der Waals surface area (Å²) in [5.41, 5.74) is 0.827. The molecule has 2 rings (SSSR count). The summed E-state index contributed by atoms with van der Waals surface area (Å²) in [5, 5.41) is 2.54. The molecule has 0 unspecified atom stereocenters. The molecule has 1 saturated heterocycles. The molecule has 28 heavy (non-hydrogen) atoms. The van der Waals surface area contributed by atoms with E-state index in [1.165, 1.54) is 0 Å². The fourth-order valence-electron chi connectivity index (χ4n) is 2.74. The number of nitrogens with zero attached hydrogens (tertiary/aromatic N) is 2. The maximum absolute atomic E-state index is 12.4. The van der Waals surface area contributed by atoms with Crippen LogP contribution in [0.2, 0.25) is 0 Å². The summed E-state index contributed by atoms with van der Waals surface area (Å²) in [5.74, 6) is -2.45. The molecule has 0 aromatic heterocycles. The molecule has 1 heterocycles. The first kappa shape index (κ1) is 21.1. The second kappa shape index (κ2) is 9.63. The van der Waals surface area contributed by atoms with E-state index in [0.717, 1.165) is 4.90 Å². The van der Waals surface area contributed by atoms with Gasteiger partial charge in [0.25, 0.3) is 11.8 Å². The molecule has 1 N–H and O–H groups in total. The summed E-state index contributed by atoms with van der Waals surface area (Å²) in [4.78, 5) is 61.5. The highest BCUT2D eigenvalue weighted by Crippen LogP contribution is 2.13. The Morgan fingerprint density at radius 3 is 2.36 bits per heavy atom. The van der Waals surface area contributed by atoms with Crippen LogP contribution in [0.3, 0.4) is 0 Å². The van der Waals surface area contributed by atoms with Crippen molar-refractivity contribution >= 4 is 35.3 Å². The minimum Gasteiger partial charge on any atom is -0.454 e. The zero-order valence-electron chi connectivity index (χ0n) is 15.9. The second-order valence-corrected chi connectivity index (χ2v) is 6.14. The number of hydrogen-bond donors (Lipinski definition) is 1. The van der Waals surface area contributed by atoms with Crippen LogP contribution in [0.25, 0.3) is 0 Å². The second-order valence-electron chi connectivity index (χ2n) is 6.14. The monoisotopic (exact) mass is 389 g/mol. The lowest BCUT2D eigenvalue weighted by Gasteiger charge is -2.19. The number of benzene rings is 1. The van der Waals surface area contributed by atoms with Gasteiger partial charge >= 0.3 is 5.97 Å². The van der Waals surface area contributed by atoms with E-state index in [0.29, 0.717) is 24.3 Å².